The molecule has 144 valence electrons. The van der Waals surface area contributed by atoms with Crippen LogP contribution in [-0.4, -0.2) is 34.1 Å². The lowest BCUT2D eigenvalue weighted by Gasteiger charge is -2.12. The molecule has 8 heteroatoms. The largest absolute Gasteiger partial charge is 0.492 e. The molecule has 0 fully saturated rings. The Labute approximate surface area is 166 Å². The van der Waals surface area contributed by atoms with Crippen molar-refractivity contribution in [2.24, 2.45) is 0 Å². The van der Waals surface area contributed by atoms with E-state index < -0.39 is 5.24 Å². The first-order valence-corrected chi connectivity index (χ1v) is 9.34. The quantitative estimate of drug-likeness (QED) is 0.246. The standard InChI is InChI=1S/C20H19N3O4S/c24-19(17-5-1-2-6-18(17)23-12-3-4-13-23)21-11-14-27-15-7-9-16(10-8-15)28-20(25)22-26/h1-10,12-13,26H,11,14H2,(H,21,24)(H,22,25). The molecule has 0 spiro atoms. The highest BCUT2D eigenvalue weighted by atomic mass is 32.2. The van der Waals surface area contributed by atoms with E-state index in [0.29, 0.717) is 29.4 Å². The average molecular weight is 397 g/mol. The monoisotopic (exact) mass is 397 g/mol. The van der Waals surface area contributed by atoms with Gasteiger partial charge in [0.15, 0.2) is 0 Å². The maximum Gasteiger partial charge on any atom is 0.307 e. The molecule has 1 heterocycles. The second kappa shape index (κ2) is 9.63. The minimum atomic E-state index is -0.559. The first-order valence-electron chi connectivity index (χ1n) is 8.53. The number of aromatic nitrogens is 1. The summed E-state index contributed by atoms with van der Waals surface area (Å²) in [5, 5.41) is 10.8. The van der Waals surface area contributed by atoms with Crippen molar-refractivity contribution < 1.29 is 19.5 Å². The average Bonchev–Trinajstić information content (AvgIpc) is 3.27. The van der Waals surface area contributed by atoms with Gasteiger partial charge >= 0.3 is 5.24 Å². The van der Waals surface area contributed by atoms with E-state index in [9.17, 15) is 9.59 Å². The minimum Gasteiger partial charge on any atom is -0.492 e. The topological polar surface area (TPSA) is 92.6 Å². The fourth-order valence-corrected chi connectivity index (χ4v) is 3.08. The molecule has 0 saturated heterocycles. The van der Waals surface area contributed by atoms with E-state index in [0.717, 1.165) is 17.4 Å². The van der Waals surface area contributed by atoms with Gasteiger partial charge in [0.2, 0.25) is 0 Å². The molecule has 3 aromatic rings. The molecular formula is C20H19N3O4S. The van der Waals surface area contributed by atoms with Gasteiger partial charge in [0.25, 0.3) is 5.91 Å². The maximum absolute atomic E-state index is 12.5. The van der Waals surface area contributed by atoms with Crippen molar-refractivity contribution in [1.29, 1.82) is 0 Å². The predicted molar refractivity (Wildman–Crippen MR) is 106 cm³/mol. The molecule has 0 unspecified atom stereocenters. The number of hydrogen-bond acceptors (Lipinski definition) is 5. The van der Waals surface area contributed by atoms with Crippen LogP contribution in [0.4, 0.5) is 4.79 Å². The first kappa shape index (κ1) is 19.5. The van der Waals surface area contributed by atoms with E-state index in [-0.39, 0.29) is 5.91 Å². The van der Waals surface area contributed by atoms with E-state index in [1.54, 1.807) is 35.8 Å². The van der Waals surface area contributed by atoms with Crippen LogP contribution in [0.5, 0.6) is 5.75 Å². The van der Waals surface area contributed by atoms with Gasteiger partial charge in [-0.15, -0.1) is 0 Å². The molecule has 0 aliphatic rings. The Balaban J connectivity index is 1.49. The molecule has 28 heavy (non-hydrogen) atoms. The molecule has 0 aliphatic heterocycles. The van der Waals surface area contributed by atoms with Gasteiger partial charge in [0, 0.05) is 17.3 Å². The summed E-state index contributed by atoms with van der Waals surface area (Å²) in [6, 6.07) is 18.1. The van der Waals surface area contributed by atoms with Crippen molar-refractivity contribution in [2.45, 2.75) is 4.90 Å². The number of hydrogen-bond donors (Lipinski definition) is 3. The zero-order valence-corrected chi connectivity index (χ0v) is 15.7. The third-order valence-corrected chi connectivity index (χ3v) is 4.60. The molecule has 2 amide bonds. The number of nitrogens with one attached hydrogen (secondary N) is 2. The zero-order valence-electron chi connectivity index (χ0n) is 14.9. The SMILES string of the molecule is O=C(NO)Sc1ccc(OCCNC(=O)c2ccccc2-n2cccc2)cc1. The summed E-state index contributed by atoms with van der Waals surface area (Å²) in [6.07, 6.45) is 3.78. The second-order valence-corrected chi connectivity index (χ2v) is 6.73. The zero-order chi connectivity index (χ0) is 19.8. The number of benzene rings is 2. The van der Waals surface area contributed by atoms with E-state index >= 15 is 0 Å². The molecule has 2 aromatic carbocycles. The Hall–Kier alpha value is -3.23. The number of nitrogens with zero attached hydrogens (tertiary/aromatic N) is 1. The minimum absolute atomic E-state index is 0.172. The molecule has 7 nitrogen and oxygen atoms in total. The number of hydroxylamine groups is 1. The molecule has 0 radical (unpaired) electrons. The third kappa shape index (κ3) is 5.15. The van der Waals surface area contributed by atoms with E-state index in [2.05, 4.69) is 5.32 Å². The number of amides is 2. The molecule has 0 aliphatic carbocycles. The van der Waals surface area contributed by atoms with Crippen LogP contribution in [-0.2, 0) is 0 Å². The summed E-state index contributed by atoms with van der Waals surface area (Å²) in [7, 11) is 0. The van der Waals surface area contributed by atoms with Crippen molar-refractivity contribution in [2.75, 3.05) is 13.2 Å². The summed E-state index contributed by atoms with van der Waals surface area (Å²) >= 11 is 0.868. The van der Waals surface area contributed by atoms with Crippen LogP contribution in [0.2, 0.25) is 0 Å². The van der Waals surface area contributed by atoms with Gasteiger partial charge in [0.1, 0.15) is 12.4 Å². The van der Waals surface area contributed by atoms with Gasteiger partial charge < -0.3 is 14.6 Å². The molecule has 0 bridgehead atoms. The number of thioether (sulfide) groups is 1. The summed E-state index contributed by atoms with van der Waals surface area (Å²) in [5.74, 6) is 0.449. The van der Waals surface area contributed by atoms with Crippen LogP contribution in [0.15, 0.2) is 78.0 Å². The highest BCUT2D eigenvalue weighted by molar-refractivity contribution is 8.13. The summed E-state index contributed by atoms with van der Waals surface area (Å²) in [5.41, 5.74) is 2.95. The molecular weight excluding hydrogens is 378 g/mol. The van der Waals surface area contributed by atoms with Crippen LogP contribution in [0.25, 0.3) is 5.69 Å². The number of ether oxygens (including phenoxy) is 1. The number of rotatable bonds is 7. The summed E-state index contributed by atoms with van der Waals surface area (Å²) in [4.78, 5) is 24.3. The lowest BCUT2D eigenvalue weighted by atomic mass is 10.1. The van der Waals surface area contributed by atoms with Gasteiger partial charge in [-0.05, 0) is 60.3 Å². The summed E-state index contributed by atoms with van der Waals surface area (Å²) in [6.45, 7) is 0.656. The highest BCUT2D eigenvalue weighted by Gasteiger charge is 2.11. The summed E-state index contributed by atoms with van der Waals surface area (Å²) < 4.78 is 7.49. The molecule has 0 saturated carbocycles. The van der Waals surface area contributed by atoms with Gasteiger partial charge in [-0.25, -0.2) is 5.48 Å². The van der Waals surface area contributed by atoms with Gasteiger partial charge in [-0.1, -0.05) is 12.1 Å². The van der Waals surface area contributed by atoms with Crippen molar-refractivity contribution in [3.8, 4) is 11.4 Å². The molecule has 3 rings (SSSR count). The molecule has 1 aromatic heterocycles. The van der Waals surface area contributed by atoms with E-state index in [1.807, 2.05) is 47.3 Å². The fraction of sp³-hybridized carbons (Fsp3) is 0.100. The van der Waals surface area contributed by atoms with Crippen molar-refractivity contribution >= 4 is 22.9 Å². The number of carbonyl (C=O) groups excluding carboxylic acids is 2. The van der Waals surface area contributed by atoms with Crippen LogP contribution >= 0.6 is 11.8 Å². The first-order chi connectivity index (χ1) is 13.7. The van der Waals surface area contributed by atoms with E-state index in [4.69, 9.17) is 9.94 Å². The Bertz CT molecular complexity index is 927. The predicted octanol–water partition coefficient (Wildman–Crippen LogP) is 3.48. The Morgan fingerprint density at radius 2 is 1.71 bits per heavy atom. The Morgan fingerprint density at radius 3 is 2.43 bits per heavy atom. The van der Waals surface area contributed by atoms with Gasteiger partial charge in [0.05, 0.1) is 17.8 Å². The van der Waals surface area contributed by atoms with Crippen molar-refractivity contribution in [1.82, 2.24) is 15.4 Å². The molecule has 3 N–H and O–H groups in total. The van der Waals surface area contributed by atoms with Crippen LogP contribution in [0, 0.1) is 0 Å². The Kier molecular flexibility index (Phi) is 6.72. The van der Waals surface area contributed by atoms with Crippen molar-refractivity contribution in [3.05, 3.63) is 78.6 Å². The normalized spacial score (nSPS) is 10.3. The van der Waals surface area contributed by atoms with E-state index in [1.165, 1.54) is 0 Å². The highest BCUT2D eigenvalue weighted by Crippen LogP contribution is 2.21. The number of para-hydroxylation sites is 1. The van der Waals surface area contributed by atoms with Crippen LogP contribution in [0.3, 0.4) is 0 Å². The maximum atomic E-state index is 12.5. The van der Waals surface area contributed by atoms with Crippen LogP contribution < -0.4 is 15.5 Å². The fourth-order valence-electron chi connectivity index (χ4n) is 2.55. The smallest absolute Gasteiger partial charge is 0.307 e. The second-order valence-electron chi connectivity index (χ2n) is 5.68. The molecule has 0 atom stereocenters. The Morgan fingerprint density at radius 1 is 1.00 bits per heavy atom. The third-order valence-electron chi connectivity index (χ3n) is 3.81. The van der Waals surface area contributed by atoms with Gasteiger partial charge in [-0.3, -0.25) is 14.8 Å². The lowest BCUT2D eigenvalue weighted by Crippen LogP contribution is -2.28. The van der Waals surface area contributed by atoms with Gasteiger partial charge in [-0.2, -0.15) is 0 Å². The van der Waals surface area contributed by atoms with Crippen LogP contribution in [0.1, 0.15) is 10.4 Å². The number of carbonyl (C=O) groups is 2. The lowest BCUT2D eigenvalue weighted by molar-refractivity contribution is 0.0947. The van der Waals surface area contributed by atoms with Crippen molar-refractivity contribution in [3.63, 3.8) is 0 Å².